The van der Waals surface area contributed by atoms with E-state index in [0.29, 0.717) is 6.04 Å². The van der Waals surface area contributed by atoms with Gasteiger partial charge in [-0.15, -0.1) is 0 Å². The Labute approximate surface area is 166 Å². The first kappa shape index (κ1) is 20.4. The molecular weight excluding hydrogens is 356 g/mol. The van der Waals surface area contributed by atoms with E-state index in [1.807, 2.05) is 23.7 Å². The molecule has 0 aliphatic carbocycles. The van der Waals surface area contributed by atoms with Gasteiger partial charge in [0.15, 0.2) is 11.8 Å². The molecule has 8 nitrogen and oxygen atoms in total. The van der Waals surface area contributed by atoms with Crippen molar-refractivity contribution in [1.29, 1.82) is 0 Å². The van der Waals surface area contributed by atoms with E-state index in [2.05, 4.69) is 27.6 Å². The summed E-state index contributed by atoms with van der Waals surface area (Å²) >= 11 is 0. The van der Waals surface area contributed by atoms with Crippen LogP contribution in [0.1, 0.15) is 44.1 Å². The number of aromatic nitrogens is 3. The van der Waals surface area contributed by atoms with Crippen LogP contribution in [-0.2, 0) is 30.5 Å². The standard InChI is InChI=1S/C20H32N6O2/c1-3-18-24-19-9-8-16(15-26(19)25-18)23-20(21-11-6-13-27-4-2)22-12-10-17-7-5-14-28-17/h5,7,14,16H,3-4,6,8-13,15H2,1-2H3,(H2,21,22,23). The van der Waals surface area contributed by atoms with Gasteiger partial charge in [-0.3, -0.25) is 4.99 Å². The Bertz CT molecular complexity index is 725. The molecule has 2 aromatic rings. The van der Waals surface area contributed by atoms with Crippen LogP contribution in [0.4, 0.5) is 0 Å². The molecule has 1 aliphatic rings. The molecule has 1 atom stereocenters. The maximum Gasteiger partial charge on any atom is 0.191 e. The number of aliphatic imine (C=N–C) groups is 1. The summed E-state index contributed by atoms with van der Waals surface area (Å²) in [5.41, 5.74) is 0. The molecule has 0 saturated carbocycles. The quantitative estimate of drug-likeness (QED) is 0.367. The third-order valence-electron chi connectivity index (χ3n) is 4.72. The van der Waals surface area contributed by atoms with Crippen molar-refractivity contribution in [2.75, 3.05) is 26.3 Å². The van der Waals surface area contributed by atoms with Crippen LogP contribution in [0.25, 0.3) is 0 Å². The summed E-state index contributed by atoms with van der Waals surface area (Å²) in [5.74, 6) is 3.83. The minimum absolute atomic E-state index is 0.292. The second-order valence-corrected chi connectivity index (χ2v) is 6.90. The normalized spacial score (nSPS) is 16.8. The third kappa shape index (κ3) is 6.09. The van der Waals surface area contributed by atoms with Gasteiger partial charge >= 0.3 is 0 Å². The number of ether oxygens (including phenoxy) is 1. The number of guanidine groups is 1. The Morgan fingerprint density at radius 2 is 2.36 bits per heavy atom. The van der Waals surface area contributed by atoms with Gasteiger partial charge in [0, 0.05) is 51.6 Å². The molecule has 1 unspecified atom stereocenters. The maximum atomic E-state index is 5.41. The molecule has 8 heteroatoms. The molecule has 2 aromatic heterocycles. The van der Waals surface area contributed by atoms with Crippen LogP contribution >= 0.6 is 0 Å². The molecule has 0 spiro atoms. The van der Waals surface area contributed by atoms with E-state index < -0.39 is 0 Å². The van der Waals surface area contributed by atoms with Crippen LogP contribution in [0, 0.1) is 0 Å². The summed E-state index contributed by atoms with van der Waals surface area (Å²) in [6.07, 6.45) is 6.28. The molecule has 0 bridgehead atoms. The van der Waals surface area contributed by atoms with E-state index >= 15 is 0 Å². The Balaban J connectivity index is 1.53. The first-order chi connectivity index (χ1) is 13.8. The van der Waals surface area contributed by atoms with Crippen LogP contribution in [-0.4, -0.2) is 53.1 Å². The van der Waals surface area contributed by atoms with Crippen LogP contribution < -0.4 is 10.6 Å². The maximum absolute atomic E-state index is 5.41. The number of nitrogens with zero attached hydrogens (tertiary/aromatic N) is 4. The highest BCUT2D eigenvalue weighted by atomic mass is 16.5. The van der Waals surface area contributed by atoms with E-state index in [-0.39, 0.29) is 0 Å². The molecule has 28 heavy (non-hydrogen) atoms. The summed E-state index contributed by atoms with van der Waals surface area (Å²) in [6.45, 7) is 7.91. The van der Waals surface area contributed by atoms with Crippen molar-refractivity contribution in [2.24, 2.45) is 4.99 Å². The van der Waals surface area contributed by atoms with Crippen molar-refractivity contribution in [3.05, 3.63) is 35.8 Å². The van der Waals surface area contributed by atoms with Crippen molar-refractivity contribution in [2.45, 2.75) is 58.5 Å². The monoisotopic (exact) mass is 388 g/mol. The summed E-state index contributed by atoms with van der Waals surface area (Å²) < 4.78 is 12.9. The zero-order chi connectivity index (χ0) is 19.6. The van der Waals surface area contributed by atoms with Crippen molar-refractivity contribution in [3.63, 3.8) is 0 Å². The second-order valence-electron chi connectivity index (χ2n) is 6.90. The van der Waals surface area contributed by atoms with Gasteiger partial charge in [-0.1, -0.05) is 6.92 Å². The Hall–Kier alpha value is -2.35. The average Bonchev–Trinajstić information content (AvgIpc) is 3.36. The molecule has 2 N–H and O–H groups in total. The number of fused-ring (bicyclic) bond motifs is 1. The van der Waals surface area contributed by atoms with Gasteiger partial charge in [0.05, 0.1) is 12.8 Å². The van der Waals surface area contributed by atoms with E-state index in [4.69, 9.17) is 14.1 Å². The lowest BCUT2D eigenvalue weighted by Gasteiger charge is -2.25. The third-order valence-corrected chi connectivity index (χ3v) is 4.72. The molecule has 0 amide bonds. The molecule has 154 valence electrons. The number of aryl methyl sites for hydroxylation is 2. The lowest BCUT2D eigenvalue weighted by atomic mass is 10.1. The van der Waals surface area contributed by atoms with Crippen molar-refractivity contribution < 1.29 is 9.15 Å². The fourth-order valence-corrected chi connectivity index (χ4v) is 3.23. The molecule has 3 heterocycles. The number of rotatable bonds is 10. The molecule has 0 fully saturated rings. The average molecular weight is 389 g/mol. The first-order valence-corrected chi connectivity index (χ1v) is 10.4. The van der Waals surface area contributed by atoms with E-state index in [0.717, 1.165) is 88.3 Å². The molecule has 0 radical (unpaired) electrons. The molecule has 3 rings (SSSR count). The van der Waals surface area contributed by atoms with E-state index in [1.54, 1.807) is 6.26 Å². The Kier molecular flexibility index (Phi) is 7.90. The summed E-state index contributed by atoms with van der Waals surface area (Å²) in [5, 5.41) is 11.6. The topological polar surface area (TPSA) is 89.5 Å². The number of hydrogen-bond acceptors (Lipinski definition) is 5. The SMILES string of the molecule is CCOCCCN=C(NCCc1ccco1)NC1CCc2nc(CC)nn2C1. The van der Waals surface area contributed by atoms with Crippen molar-refractivity contribution in [3.8, 4) is 0 Å². The van der Waals surface area contributed by atoms with Gasteiger partial charge in [-0.25, -0.2) is 9.67 Å². The summed E-state index contributed by atoms with van der Waals surface area (Å²) in [4.78, 5) is 9.32. The molecular formula is C20H32N6O2. The number of hydrogen-bond donors (Lipinski definition) is 2. The lowest BCUT2D eigenvalue weighted by molar-refractivity contribution is 0.146. The van der Waals surface area contributed by atoms with Gasteiger partial charge in [0.25, 0.3) is 0 Å². The number of nitrogens with one attached hydrogen (secondary N) is 2. The zero-order valence-electron chi connectivity index (χ0n) is 17.0. The first-order valence-electron chi connectivity index (χ1n) is 10.4. The van der Waals surface area contributed by atoms with Crippen LogP contribution in [0.2, 0.25) is 0 Å². The molecule has 0 saturated heterocycles. The van der Waals surface area contributed by atoms with Gasteiger partial charge in [0.2, 0.25) is 0 Å². The smallest absolute Gasteiger partial charge is 0.191 e. The van der Waals surface area contributed by atoms with Gasteiger partial charge in [-0.05, 0) is 31.9 Å². The predicted molar refractivity (Wildman–Crippen MR) is 108 cm³/mol. The second kappa shape index (κ2) is 10.8. The van der Waals surface area contributed by atoms with Crippen LogP contribution in [0.15, 0.2) is 27.8 Å². The van der Waals surface area contributed by atoms with Crippen molar-refractivity contribution >= 4 is 5.96 Å². The highest BCUT2D eigenvalue weighted by Gasteiger charge is 2.22. The van der Waals surface area contributed by atoms with Gasteiger partial charge in [0.1, 0.15) is 11.6 Å². The highest BCUT2D eigenvalue weighted by Crippen LogP contribution is 2.13. The minimum Gasteiger partial charge on any atom is -0.469 e. The van der Waals surface area contributed by atoms with Gasteiger partial charge < -0.3 is 19.8 Å². The fourth-order valence-electron chi connectivity index (χ4n) is 3.23. The van der Waals surface area contributed by atoms with Crippen LogP contribution in [0.5, 0.6) is 0 Å². The fraction of sp³-hybridized carbons (Fsp3) is 0.650. The van der Waals surface area contributed by atoms with Gasteiger partial charge in [-0.2, -0.15) is 5.10 Å². The van der Waals surface area contributed by atoms with E-state index in [9.17, 15) is 0 Å². The summed E-state index contributed by atoms with van der Waals surface area (Å²) in [7, 11) is 0. The molecule has 0 aromatic carbocycles. The molecule has 1 aliphatic heterocycles. The Morgan fingerprint density at radius 3 is 3.14 bits per heavy atom. The lowest BCUT2D eigenvalue weighted by Crippen LogP contribution is -2.47. The zero-order valence-corrected chi connectivity index (χ0v) is 17.0. The predicted octanol–water partition coefficient (Wildman–Crippen LogP) is 1.95. The highest BCUT2D eigenvalue weighted by molar-refractivity contribution is 5.80. The number of furan rings is 1. The summed E-state index contributed by atoms with van der Waals surface area (Å²) in [6, 6.07) is 4.20. The largest absolute Gasteiger partial charge is 0.469 e. The van der Waals surface area contributed by atoms with E-state index in [1.165, 1.54) is 0 Å². The van der Waals surface area contributed by atoms with Crippen LogP contribution in [0.3, 0.4) is 0 Å². The van der Waals surface area contributed by atoms with Crippen molar-refractivity contribution in [1.82, 2.24) is 25.4 Å². The Morgan fingerprint density at radius 1 is 1.43 bits per heavy atom. The minimum atomic E-state index is 0.292.